The third kappa shape index (κ3) is 8.27. The van der Waals surface area contributed by atoms with E-state index >= 15 is 9.59 Å². The van der Waals surface area contributed by atoms with E-state index in [0.29, 0.717) is 55.8 Å². The Hall–Kier alpha value is -5.76. The number of carbonyl (C=O) groups is 3. The summed E-state index contributed by atoms with van der Waals surface area (Å²) in [5, 5.41) is 32.0. The number of hydrogen-bond donors (Lipinski definition) is 6. The van der Waals surface area contributed by atoms with E-state index in [1.165, 1.54) is 7.11 Å². The lowest BCUT2D eigenvalue weighted by Gasteiger charge is -2.63. The number of aliphatic hydroxyl groups is 2. The highest BCUT2D eigenvalue weighted by atomic mass is 32.2. The maximum atomic E-state index is 15.7. The molecule has 0 radical (unpaired) electrons. The average molecular weight is 1050 g/mol. The van der Waals surface area contributed by atoms with Gasteiger partial charge in [0.25, 0.3) is 16.0 Å². The molecule has 1 aliphatic carbocycles. The maximum absolute atomic E-state index is 15.7. The number of likely N-dealkylation sites (N-methyl/N-ethyl adjacent to an activating group) is 1. The predicted molar refractivity (Wildman–Crippen MR) is 285 cm³/mol. The first-order chi connectivity index (χ1) is 35.8. The molecule has 3 aromatic carbocycles. The number of nitrogens with zero attached hydrogens (tertiary/aromatic N) is 3. The molecule has 5 aromatic rings. The molecule has 1 spiro atoms. The molecule has 2 bridgehead atoms. The van der Waals surface area contributed by atoms with E-state index in [1.807, 2.05) is 67.5 Å². The van der Waals surface area contributed by atoms with Gasteiger partial charge in [0.1, 0.15) is 23.3 Å². The molecule has 6 N–H and O–H groups in total. The van der Waals surface area contributed by atoms with Gasteiger partial charge in [0.05, 0.1) is 33.1 Å². The van der Waals surface area contributed by atoms with Gasteiger partial charge in [-0.3, -0.25) is 19.0 Å². The van der Waals surface area contributed by atoms with Crippen LogP contribution in [0.2, 0.25) is 0 Å². The molecule has 7 heterocycles. The van der Waals surface area contributed by atoms with Crippen molar-refractivity contribution in [3.05, 3.63) is 107 Å². The Morgan fingerprint density at radius 2 is 1.68 bits per heavy atom. The third-order valence-electron chi connectivity index (χ3n) is 18.1. The standard InChI is InChI=1S/C56H68N6O8.CH4O3S/c1-7-33-25-34-29-55(52(66)69-6,46-38(19-23-61(31-33)32-34)37-16-11-13-18-42(37)58-46)40-27-39-44(28-45(40)68-5)60(4)49-54(39)21-24-62-22-14-20-53(8-2,48(54)62)50(64)56(49,67)51(65)59-43(47(63)70-9-3)26-35-30-57-41-17-12-10-15-36(35)41;1-5(2,3)4/h10-18,20,27-28,30,33-34,43,48-50,57-58,64,67H,7-9,19,21-26,29,31-32H2,1-6H3,(H,59,65);1H3,(H,2,3,4). The van der Waals surface area contributed by atoms with Crippen molar-refractivity contribution in [2.45, 2.75) is 106 Å². The Kier molecular flexibility index (Phi) is 13.8. The molecule has 11 atom stereocenters. The lowest BCUT2D eigenvalue weighted by molar-refractivity contribution is -0.204. The number of piperidine rings is 1. The number of benzene rings is 3. The zero-order chi connectivity index (χ0) is 53.4. The number of para-hydroxylation sites is 2. The highest BCUT2D eigenvalue weighted by molar-refractivity contribution is 7.85. The zero-order valence-electron chi connectivity index (χ0n) is 44.0. The van der Waals surface area contributed by atoms with Crippen LogP contribution >= 0.6 is 0 Å². The van der Waals surface area contributed by atoms with Gasteiger partial charge in [-0.2, -0.15) is 8.42 Å². The van der Waals surface area contributed by atoms with Crippen molar-refractivity contribution in [1.29, 1.82) is 0 Å². The van der Waals surface area contributed by atoms with Gasteiger partial charge in [0, 0.05) is 108 Å². The number of nitrogens with one attached hydrogen (secondary N) is 3. The Labute approximate surface area is 438 Å². The molecular formula is C57H72N6O11S. The van der Waals surface area contributed by atoms with Gasteiger partial charge in [0.2, 0.25) is 0 Å². The van der Waals surface area contributed by atoms with Crippen LogP contribution in [0.3, 0.4) is 0 Å². The van der Waals surface area contributed by atoms with Gasteiger partial charge >= 0.3 is 11.9 Å². The Morgan fingerprint density at radius 3 is 2.37 bits per heavy atom. The fourth-order valence-corrected chi connectivity index (χ4v) is 15.2. The van der Waals surface area contributed by atoms with E-state index in [2.05, 4.69) is 62.3 Å². The number of hydrogen-bond acceptors (Lipinski definition) is 13. The number of fused-ring (bicyclic) bond motifs is 7. The molecule has 17 nitrogen and oxygen atoms in total. The van der Waals surface area contributed by atoms with Crippen LogP contribution in [0.5, 0.6) is 5.75 Å². The first kappa shape index (κ1) is 52.7. The van der Waals surface area contributed by atoms with E-state index in [-0.39, 0.29) is 31.0 Å². The van der Waals surface area contributed by atoms with Gasteiger partial charge < -0.3 is 49.5 Å². The number of methoxy groups -OCH3 is 2. The first-order valence-electron chi connectivity index (χ1n) is 26.5. The number of aromatic amines is 2. The van der Waals surface area contributed by atoms with Crippen molar-refractivity contribution in [2.75, 3.05) is 71.8 Å². The number of amides is 1. The summed E-state index contributed by atoms with van der Waals surface area (Å²) >= 11 is 0. The van der Waals surface area contributed by atoms with Gasteiger partial charge in [-0.05, 0) is 92.3 Å². The normalized spacial score (nSPS) is 31.1. The summed E-state index contributed by atoms with van der Waals surface area (Å²) in [6.07, 6.45) is 9.31. The van der Waals surface area contributed by atoms with E-state index in [9.17, 15) is 23.4 Å². The fraction of sp³-hybridized carbons (Fsp3) is 0.526. The van der Waals surface area contributed by atoms with Crippen LogP contribution in [-0.4, -0.2) is 157 Å². The second-order valence-electron chi connectivity index (χ2n) is 22.0. The topological polar surface area (TPSA) is 227 Å². The molecule has 2 aromatic heterocycles. The minimum atomic E-state index is -3.67. The van der Waals surface area contributed by atoms with Crippen molar-refractivity contribution in [2.24, 2.45) is 17.3 Å². The largest absolute Gasteiger partial charge is 0.496 e. The molecule has 1 amide bonds. The predicted octanol–water partition coefficient (Wildman–Crippen LogP) is 5.41. The van der Waals surface area contributed by atoms with Crippen LogP contribution in [0, 0.1) is 17.3 Å². The van der Waals surface area contributed by atoms with Crippen molar-refractivity contribution in [3.8, 4) is 5.75 Å². The summed E-state index contributed by atoms with van der Waals surface area (Å²) in [6.45, 7) is 10.1. The molecule has 5 aliphatic heterocycles. The van der Waals surface area contributed by atoms with E-state index in [4.69, 9.17) is 18.8 Å². The molecule has 6 aliphatic rings. The van der Waals surface area contributed by atoms with Gasteiger partial charge in [-0.25, -0.2) is 4.79 Å². The molecule has 2 saturated heterocycles. The Bertz CT molecular complexity index is 3170. The number of carbonyl (C=O) groups excluding carboxylic acids is 3. The first-order valence-corrected chi connectivity index (χ1v) is 28.3. The molecule has 11 rings (SSSR count). The summed E-state index contributed by atoms with van der Waals surface area (Å²) in [6, 6.07) is 17.6. The summed E-state index contributed by atoms with van der Waals surface area (Å²) in [5.41, 5.74) is 0.935. The van der Waals surface area contributed by atoms with Gasteiger partial charge in [-0.1, -0.05) is 68.8 Å². The quantitative estimate of drug-likeness (QED) is 0.0553. The van der Waals surface area contributed by atoms with Gasteiger partial charge in [0.15, 0.2) is 5.60 Å². The highest BCUT2D eigenvalue weighted by Crippen LogP contribution is 2.67. The molecule has 1 saturated carbocycles. The summed E-state index contributed by atoms with van der Waals surface area (Å²) in [5.74, 6) is -0.750. The van der Waals surface area contributed by atoms with Crippen LogP contribution in [0.4, 0.5) is 5.69 Å². The van der Waals surface area contributed by atoms with E-state index in [0.717, 1.165) is 88.8 Å². The number of ether oxygens (including phenoxy) is 3. The second-order valence-corrected chi connectivity index (χ2v) is 23.4. The molecule has 402 valence electrons. The molecule has 11 unspecified atom stereocenters. The van der Waals surface area contributed by atoms with Crippen LogP contribution in [0.25, 0.3) is 21.8 Å². The van der Waals surface area contributed by atoms with Crippen molar-refractivity contribution in [3.63, 3.8) is 0 Å². The van der Waals surface area contributed by atoms with Crippen molar-refractivity contribution < 1.29 is 51.8 Å². The fourth-order valence-electron chi connectivity index (χ4n) is 15.2. The molecule has 18 heteroatoms. The average Bonchev–Trinajstić information content (AvgIpc) is 4.23. The van der Waals surface area contributed by atoms with Crippen LogP contribution in [0.1, 0.15) is 80.8 Å². The Balaban J connectivity index is 0.00000123. The van der Waals surface area contributed by atoms with E-state index < -0.39 is 62.0 Å². The van der Waals surface area contributed by atoms with Crippen molar-refractivity contribution in [1.82, 2.24) is 25.1 Å². The van der Waals surface area contributed by atoms with Gasteiger partial charge in [-0.15, -0.1) is 0 Å². The number of anilines is 1. The molecule has 3 fully saturated rings. The summed E-state index contributed by atoms with van der Waals surface area (Å²) < 4.78 is 44.0. The number of aromatic nitrogens is 2. The van der Waals surface area contributed by atoms with Crippen molar-refractivity contribution >= 4 is 55.5 Å². The molecule has 75 heavy (non-hydrogen) atoms. The second kappa shape index (κ2) is 19.7. The monoisotopic (exact) mass is 1050 g/mol. The number of H-pyrrole nitrogens is 2. The highest BCUT2D eigenvalue weighted by Gasteiger charge is 2.79. The number of rotatable bonds is 11. The molecular weight excluding hydrogens is 977 g/mol. The van der Waals surface area contributed by atoms with Crippen LogP contribution in [-0.2, 0) is 57.6 Å². The third-order valence-corrected chi connectivity index (χ3v) is 18.1. The lowest BCUT2D eigenvalue weighted by Crippen LogP contribution is -2.82. The summed E-state index contributed by atoms with van der Waals surface area (Å²) in [7, 11) is 1.33. The smallest absolute Gasteiger partial charge is 0.328 e. The van der Waals surface area contributed by atoms with Crippen LogP contribution in [0.15, 0.2) is 79.0 Å². The van der Waals surface area contributed by atoms with E-state index in [1.54, 1.807) is 14.0 Å². The minimum absolute atomic E-state index is 0.0888. The SMILES string of the molecule is CCOC(=O)C(Cc1c[nH]c2ccccc12)NC(=O)C1(O)C(O)C2(CC)C=CCN3CCC4(c5cc(C6(C(=O)OC)CC7CC(CC)CN(CCc8c6[nH]c6ccccc86)C7)c(OC)cc5N(C)C14)C32.CS(=O)(=O)O. The van der Waals surface area contributed by atoms with Crippen LogP contribution < -0.4 is 15.0 Å². The Morgan fingerprint density at radius 1 is 0.960 bits per heavy atom. The minimum Gasteiger partial charge on any atom is -0.496 e. The maximum Gasteiger partial charge on any atom is 0.328 e. The zero-order valence-corrected chi connectivity index (χ0v) is 44.8. The number of esters is 2. The number of aliphatic hydroxyl groups excluding tert-OH is 1. The summed E-state index contributed by atoms with van der Waals surface area (Å²) in [4.78, 5) is 59.2. The lowest BCUT2D eigenvalue weighted by atomic mass is 9.47.